The number of hydrogen-bond acceptors (Lipinski definition) is 4. The van der Waals surface area contributed by atoms with E-state index in [0.717, 1.165) is 40.9 Å². The number of thiazole rings is 1. The van der Waals surface area contributed by atoms with Crippen LogP contribution < -0.4 is 11.1 Å². The number of nitrogens with zero attached hydrogens (tertiary/aromatic N) is 1. The number of carbonyl (C=O) groups excluding carboxylic acids is 1. The summed E-state index contributed by atoms with van der Waals surface area (Å²) in [5, 5.41) is 3.96. The van der Waals surface area contributed by atoms with Crippen LogP contribution >= 0.6 is 23.7 Å². The van der Waals surface area contributed by atoms with Gasteiger partial charge in [-0.15, -0.1) is 23.7 Å². The highest BCUT2D eigenvalue weighted by molar-refractivity contribution is 7.18. The molecule has 1 aliphatic rings. The second-order valence-electron chi connectivity index (χ2n) is 5.42. The first-order valence-corrected chi connectivity index (χ1v) is 7.92. The Kier molecular flexibility index (Phi) is 5.56. The quantitative estimate of drug-likeness (QED) is 0.911. The predicted octanol–water partition coefficient (Wildman–Crippen LogP) is 2.85. The average Bonchev–Trinajstić information content (AvgIpc) is 2.87. The molecule has 1 saturated carbocycles. The summed E-state index contributed by atoms with van der Waals surface area (Å²) in [7, 11) is 0. The summed E-state index contributed by atoms with van der Waals surface area (Å²) < 4.78 is 1.16. The Morgan fingerprint density at radius 1 is 1.38 bits per heavy atom. The van der Waals surface area contributed by atoms with Crippen molar-refractivity contribution in [1.82, 2.24) is 10.3 Å². The number of para-hydroxylation sites is 1. The van der Waals surface area contributed by atoms with E-state index < -0.39 is 0 Å². The third kappa shape index (κ3) is 3.93. The van der Waals surface area contributed by atoms with Crippen LogP contribution in [0.1, 0.15) is 30.7 Å². The van der Waals surface area contributed by atoms with Crippen molar-refractivity contribution in [2.24, 2.45) is 11.7 Å². The van der Waals surface area contributed by atoms with E-state index in [1.807, 2.05) is 18.2 Å². The molecule has 1 aromatic carbocycles. The van der Waals surface area contributed by atoms with Gasteiger partial charge in [-0.1, -0.05) is 18.6 Å². The lowest BCUT2D eigenvalue weighted by molar-refractivity contribution is -0.126. The highest BCUT2D eigenvalue weighted by atomic mass is 35.5. The van der Waals surface area contributed by atoms with E-state index in [4.69, 9.17) is 5.73 Å². The molecule has 0 bridgehead atoms. The molecule has 2 unspecified atom stereocenters. The Balaban J connectivity index is 0.00000161. The maximum absolute atomic E-state index is 12.1. The van der Waals surface area contributed by atoms with Crippen molar-refractivity contribution in [2.75, 3.05) is 0 Å². The summed E-state index contributed by atoms with van der Waals surface area (Å²) in [6, 6.07) is 8.22. The van der Waals surface area contributed by atoms with Crippen LogP contribution in [-0.4, -0.2) is 16.9 Å². The molecule has 0 spiro atoms. The molecule has 4 nitrogen and oxygen atoms in total. The maximum atomic E-state index is 12.1. The van der Waals surface area contributed by atoms with Crippen molar-refractivity contribution in [3.63, 3.8) is 0 Å². The van der Waals surface area contributed by atoms with Gasteiger partial charge in [0.2, 0.25) is 5.91 Å². The lowest BCUT2D eigenvalue weighted by Gasteiger charge is -2.25. The van der Waals surface area contributed by atoms with Gasteiger partial charge < -0.3 is 11.1 Å². The molecule has 0 saturated heterocycles. The van der Waals surface area contributed by atoms with Crippen LogP contribution in [0.4, 0.5) is 0 Å². The Bertz CT molecular complexity index is 583. The average molecular weight is 326 g/mol. The summed E-state index contributed by atoms with van der Waals surface area (Å²) in [4.78, 5) is 16.7. The number of hydrogen-bond donors (Lipinski definition) is 2. The number of halogens is 1. The molecule has 21 heavy (non-hydrogen) atoms. The minimum atomic E-state index is 0. The summed E-state index contributed by atoms with van der Waals surface area (Å²) in [5.41, 5.74) is 6.93. The summed E-state index contributed by atoms with van der Waals surface area (Å²) in [5.74, 6) is 0.201. The lowest BCUT2D eigenvalue weighted by Crippen LogP contribution is -2.37. The number of aromatic nitrogens is 1. The number of benzene rings is 1. The third-order valence-electron chi connectivity index (χ3n) is 3.84. The zero-order valence-corrected chi connectivity index (χ0v) is 13.4. The second-order valence-corrected chi connectivity index (χ2v) is 6.53. The first-order valence-electron chi connectivity index (χ1n) is 7.10. The highest BCUT2D eigenvalue weighted by Gasteiger charge is 2.25. The predicted molar refractivity (Wildman–Crippen MR) is 88.6 cm³/mol. The Hall–Kier alpha value is -1.17. The number of nitrogens with one attached hydrogen (secondary N) is 1. The van der Waals surface area contributed by atoms with Crippen molar-refractivity contribution in [3.05, 3.63) is 29.3 Å². The van der Waals surface area contributed by atoms with Gasteiger partial charge in [0.25, 0.3) is 0 Å². The van der Waals surface area contributed by atoms with Crippen LogP contribution in [0.3, 0.4) is 0 Å². The smallest absolute Gasteiger partial charge is 0.223 e. The Morgan fingerprint density at radius 3 is 2.95 bits per heavy atom. The SMILES string of the molecule is Cl.NC1CCCC(C(=O)NCc2nc3ccccc3s2)C1. The van der Waals surface area contributed by atoms with Crippen LogP contribution in [0.5, 0.6) is 0 Å². The number of rotatable bonds is 3. The zero-order valence-electron chi connectivity index (χ0n) is 11.7. The first-order chi connectivity index (χ1) is 9.72. The van der Waals surface area contributed by atoms with E-state index in [9.17, 15) is 4.79 Å². The molecule has 114 valence electrons. The minimum absolute atomic E-state index is 0. The molecule has 1 aromatic heterocycles. The third-order valence-corrected chi connectivity index (χ3v) is 4.87. The van der Waals surface area contributed by atoms with Crippen molar-refractivity contribution in [3.8, 4) is 0 Å². The summed E-state index contributed by atoms with van der Waals surface area (Å²) in [6.45, 7) is 0.518. The van der Waals surface area contributed by atoms with E-state index in [-0.39, 0.29) is 30.3 Å². The Labute approximate surface area is 134 Å². The fourth-order valence-corrected chi connectivity index (χ4v) is 3.68. The zero-order chi connectivity index (χ0) is 13.9. The van der Waals surface area contributed by atoms with Crippen LogP contribution in [0.15, 0.2) is 24.3 Å². The van der Waals surface area contributed by atoms with Gasteiger partial charge in [-0.25, -0.2) is 4.98 Å². The molecule has 6 heteroatoms. The summed E-state index contributed by atoms with van der Waals surface area (Å²) in [6.07, 6.45) is 3.87. The molecule has 0 radical (unpaired) electrons. The van der Waals surface area contributed by atoms with E-state index in [1.54, 1.807) is 11.3 Å². The number of amides is 1. The molecule has 0 aliphatic heterocycles. The molecule has 2 aromatic rings. The van der Waals surface area contributed by atoms with Gasteiger partial charge in [0.05, 0.1) is 16.8 Å². The van der Waals surface area contributed by atoms with E-state index in [2.05, 4.69) is 16.4 Å². The van der Waals surface area contributed by atoms with Crippen molar-refractivity contribution in [1.29, 1.82) is 0 Å². The van der Waals surface area contributed by atoms with Gasteiger partial charge in [-0.05, 0) is 31.4 Å². The molecule has 2 atom stereocenters. The number of fused-ring (bicyclic) bond motifs is 1. The van der Waals surface area contributed by atoms with E-state index in [0.29, 0.717) is 6.54 Å². The molecule has 3 rings (SSSR count). The number of nitrogens with two attached hydrogens (primary N) is 1. The van der Waals surface area contributed by atoms with Crippen molar-refractivity contribution in [2.45, 2.75) is 38.3 Å². The van der Waals surface area contributed by atoms with Gasteiger partial charge in [0, 0.05) is 12.0 Å². The molecule has 1 heterocycles. The van der Waals surface area contributed by atoms with Gasteiger partial charge in [-0.2, -0.15) is 0 Å². The number of carbonyl (C=O) groups is 1. The Morgan fingerprint density at radius 2 is 2.19 bits per heavy atom. The van der Waals surface area contributed by atoms with Crippen molar-refractivity contribution >= 4 is 39.9 Å². The minimum Gasteiger partial charge on any atom is -0.349 e. The monoisotopic (exact) mass is 325 g/mol. The fraction of sp³-hybridized carbons (Fsp3) is 0.467. The molecular weight excluding hydrogens is 306 g/mol. The highest BCUT2D eigenvalue weighted by Crippen LogP contribution is 2.24. The maximum Gasteiger partial charge on any atom is 0.223 e. The van der Waals surface area contributed by atoms with Gasteiger partial charge >= 0.3 is 0 Å². The van der Waals surface area contributed by atoms with Gasteiger partial charge in [0.15, 0.2) is 0 Å². The van der Waals surface area contributed by atoms with Gasteiger partial charge in [-0.3, -0.25) is 4.79 Å². The molecule has 1 aliphatic carbocycles. The fourth-order valence-electron chi connectivity index (χ4n) is 2.77. The standard InChI is InChI=1S/C15H19N3OS.ClH/c16-11-5-3-4-10(8-11)15(19)17-9-14-18-12-6-1-2-7-13(12)20-14;/h1-2,6-7,10-11H,3-5,8-9,16H2,(H,17,19);1H. The normalized spacial score (nSPS) is 21.8. The molecule has 1 amide bonds. The van der Waals surface area contributed by atoms with Crippen LogP contribution in [-0.2, 0) is 11.3 Å². The second kappa shape index (κ2) is 7.20. The largest absolute Gasteiger partial charge is 0.349 e. The molecule has 3 N–H and O–H groups in total. The van der Waals surface area contributed by atoms with E-state index in [1.165, 1.54) is 0 Å². The molecular formula is C15H20ClN3OS. The van der Waals surface area contributed by atoms with E-state index >= 15 is 0 Å². The van der Waals surface area contributed by atoms with Crippen LogP contribution in [0.25, 0.3) is 10.2 Å². The topological polar surface area (TPSA) is 68.0 Å². The molecule has 1 fully saturated rings. The van der Waals surface area contributed by atoms with Crippen LogP contribution in [0, 0.1) is 5.92 Å². The van der Waals surface area contributed by atoms with Gasteiger partial charge in [0.1, 0.15) is 5.01 Å². The lowest BCUT2D eigenvalue weighted by atomic mass is 9.85. The van der Waals surface area contributed by atoms with Crippen LogP contribution in [0.2, 0.25) is 0 Å². The van der Waals surface area contributed by atoms with Crippen molar-refractivity contribution < 1.29 is 4.79 Å². The first kappa shape index (κ1) is 16.2. The summed E-state index contributed by atoms with van der Waals surface area (Å²) >= 11 is 1.64.